The third-order valence-corrected chi connectivity index (χ3v) is 4.33. The molecule has 1 atom stereocenters. The molecule has 0 spiro atoms. The SMILES string of the molecule is COc1ccc(S(=O)(=O)NC(C)CCBr)cc1. The maximum absolute atomic E-state index is 11.9. The van der Waals surface area contributed by atoms with E-state index in [9.17, 15) is 8.42 Å². The topological polar surface area (TPSA) is 55.4 Å². The number of alkyl halides is 1. The van der Waals surface area contributed by atoms with Crippen LogP contribution in [-0.2, 0) is 10.0 Å². The first-order chi connectivity index (χ1) is 7.99. The summed E-state index contributed by atoms with van der Waals surface area (Å²) in [5.74, 6) is 0.637. The average Bonchev–Trinajstić information content (AvgIpc) is 2.28. The van der Waals surface area contributed by atoms with Crippen molar-refractivity contribution in [3.8, 4) is 5.75 Å². The van der Waals surface area contributed by atoms with Crippen molar-refractivity contribution < 1.29 is 13.2 Å². The van der Waals surface area contributed by atoms with Crippen LogP contribution in [0.15, 0.2) is 29.2 Å². The second-order valence-electron chi connectivity index (χ2n) is 3.68. The molecule has 1 N–H and O–H groups in total. The van der Waals surface area contributed by atoms with Gasteiger partial charge < -0.3 is 4.74 Å². The molecule has 0 aliphatic carbocycles. The van der Waals surface area contributed by atoms with Crippen molar-refractivity contribution in [3.63, 3.8) is 0 Å². The summed E-state index contributed by atoms with van der Waals surface area (Å²) < 4.78 is 31.5. The van der Waals surface area contributed by atoms with Gasteiger partial charge in [-0.25, -0.2) is 13.1 Å². The molecule has 17 heavy (non-hydrogen) atoms. The Bertz CT molecular complexity index is 444. The summed E-state index contributed by atoms with van der Waals surface area (Å²) in [7, 11) is -1.89. The highest BCUT2D eigenvalue weighted by molar-refractivity contribution is 9.09. The van der Waals surface area contributed by atoms with Gasteiger partial charge in [-0.1, -0.05) is 15.9 Å². The van der Waals surface area contributed by atoms with Crippen LogP contribution in [0.5, 0.6) is 5.75 Å². The van der Waals surface area contributed by atoms with Gasteiger partial charge in [0.25, 0.3) is 0 Å². The van der Waals surface area contributed by atoms with Crippen molar-refractivity contribution in [2.24, 2.45) is 0 Å². The van der Waals surface area contributed by atoms with Crippen LogP contribution >= 0.6 is 15.9 Å². The zero-order valence-electron chi connectivity index (χ0n) is 9.81. The van der Waals surface area contributed by atoms with Crippen molar-refractivity contribution in [2.45, 2.75) is 24.3 Å². The molecule has 1 aromatic rings. The summed E-state index contributed by atoms with van der Waals surface area (Å²) in [6.45, 7) is 1.84. The molecule has 1 rings (SSSR count). The number of sulfonamides is 1. The summed E-state index contributed by atoms with van der Waals surface area (Å²) in [5, 5.41) is 0.763. The number of hydrogen-bond acceptors (Lipinski definition) is 3. The Morgan fingerprint density at radius 3 is 2.41 bits per heavy atom. The van der Waals surface area contributed by atoms with E-state index >= 15 is 0 Å². The molecule has 0 heterocycles. The van der Waals surface area contributed by atoms with Gasteiger partial charge in [-0.15, -0.1) is 0 Å². The summed E-state index contributed by atoms with van der Waals surface area (Å²) in [6.07, 6.45) is 0.745. The highest BCUT2D eigenvalue weighted by Gasteiger charge is 2.16. The van der Waals surface area contributed by atoms with Crippen molar-refractivity contribution in [2.75, 3.05) is 12.4 Å². The first-order valence-electron chi connectivity index (χ1n) is 5.22. The van der Waals surface area contributed by atoms with Crippen LogP contribution in [0.1, 0.15) is 13.3 Å². The van der Waals surface area contributed by atoms with E-state index in [1.807, 2.05) is 6.92 Å². The summed E-state index contributed by atoms with van der Waals surface area (Å²) >= 11 is 3.28. The van der Waals surface area contributed by atoms with E-state index in [2.05, 4.69) is 20.7 Å². The molecule has 0 bridgehead atoms. The Morgan fingerprint density at radius 1 is 1.35 bits per heavy atom. The Kier molecular flexibility index (Phi) is 5.42. The molecule has 96 valence electrons. The number of hydrogen-bond donors (Lipinski definition) is 1. The molecule has 4 nitrogen and oxygen atoms in total. The summed E-state index contributed by atoms with van der Waals surface area (Å²) in [6, 6.07) is 6.22. The molecule has 1 unspecified atom stereocenters. The van der Waals surface area contributed by atoms with Crippen LogP contribution in [0.25, 0.3) is 0 Å². The Balaban J connectivity index is 2.82. The summed E-state index contributed by atoms with van der Waals surface area (Å²) in [4.78, 5) is 0.250. The van der Waals surface area contributed by atoms with Gasteiger partial charge in [-0.05, 0) is 37.6 Å². The minimum atomic E-state index is -3.43. The second-order valence-corrected chi connectivity index (χ2v) is 6.18. The van der Waals surface area contributed by atoms with Gasteiger partial charge in [-0.3, -0.25) is 0 Å². The van der Waals surface area contributed by atoms with E-state index < -0.39 is 10.0 Å². The fourth-order valence-corrected chi connectivity index (χ4v) is 3.28. The Hall–Kier alpha value is -0.590. The molecule has 0 fully saturated rings. The van der Waals surface area contributed by atoms with Crippen LogP contribution in [0.3, 0.4) is 0 Å². The summed E-state index contributed by atoms with van der Waals surface area (Å²) in [5.41, 5.74) is 0. The van der Waals surface area contributed by atoms with Crippen LogP contribution in [0.4, 0.5) is 0 Å². The minimum Gasteiger partial charge on any atom is -0.497 e. The number of halogens is 1. The predicted molar refractivity (Wildman–Crippen MR) is 71.2 cm³/mol. The van der Waals surface area contributed by atoms with Crippen molar-refractivity contribution in [3.05, 3.63) is 24.3 Å². The molecule has 0 aliphatic rings. The monoisotopic (exact) mass is 321 g/mol. The minimum absolute atomic E-state index is 0.0959. The molecular weight excluding hydrogens is 306 g/mol. The molecule has 6 heteroatoms. The number of benzene rings is 1. The van der Waals surface area contributed by atoms with Gasteiger partial charge >= 0.3 is 0 Å². The van der Waals surface area contributed by atoms with E-state index in [-0.39, 0.29) is 10.9 Å². The second kappa shape index (κ2) is 6.37. The van der Waals surface area contributed by atoms with E-state index in [1.54, 1.807) is 19.2 Å². The Morgan fingerprint density at radius 2 is 1.94 bits per heavy atom. The van der Waals surface area contributed by atoms with Crippen LogP contribution in [0.2, 0.25) is 0 Å². The zero-order chi connectivity index (χ0) is 12.9. The fourth-order valence-electron chi connectivity index (χ4n) is 1.31. The third-order valence-electron chi connectivity index (χ3n) is 2.27. The lowest BCUT2D eigenvalue weighted by molar-refractivity contribution is 0.414. The number of rotatable bonds is 6. The van der Waals surface area contributed by atoms with E-state index in [0.717, 1.165) is 11.8 Å². The van der Waals surface area contributed by atoms with E-state index in [0.29, 0.717) is 5.75 Å². The van der Waals surface area contributed by atoms with Crippen molar-refractivity contribution in [1.82, 2.24) is 4.72 Å². The first-order valence-corrected chi connectivity index (χ1v) is 7.82. The highest BCUT2D eigenvalue weighted by Crippen LogP contribution is 2.15. The van der Waals surface area contributed by atoms with Gasteiger partial charge in [0.15, 0.2) is 0 Å². The lowest BCUT2D eigenvalue weighted by Gasteiger charge is -2.13. The molecule has 1 aromatic carbocycles. The first kappa shape index (κ1) is 14.5. The quantitative estimate of drug-likeness (QED) is 0.817. The molecule has 0 radical (unpaired) electrons. The number of nitrogens with one attached hydrogen (secondary N) is 1. The average molecular weight is 322 g/mol. The molecule has 0 saturated heterocycles. The fraction of sp³-hybridized carbons (Fsp3) is 0.455. The van der Waals surface area contributed by atoms with E-state index in [4.69, 9.17) is 4.74 Å². The predicted octanol–water partition coefficient (Wildman–Crippen LogP) is 2.15. The highest BCUT2D eigenvalue weighted by atomic mass is 79.9. The van der Waals surface area contributed by atoms with Crippen LogP contribution in [-0.4, -0.2) is 26.9 Å². The van der Waals surface area contributed by atoms with Crippen LogP contribution in [0, 0.1) is 0 Å². The normalized spacial score (nSPS) is 13.4. The molecule has 0 aliphatic heterocycles. The molecule has 0 saturated carbocycles. The standard InChI is InChI=1S/C11H16BrNO3S/c1-9(7-8-12)13-17(14,15)11-5-3-10(16-2)4-6-11/h3-6,9,13H,7-8H2,1-2H3. The van der Waals surface area contributed by atoms with Gasteiger partial charge in [0.1, 0.15) is 5.75 Å². The molecular formula is C11H16BrNO3S. The number of ether oxygens (including phenoxy) is 1. The Labute approximate surface area is 111 Å². The smallest absolute Gasteiger partial charge is 0.240 e. The van der Waals surface area contributed by atoms with Crippen LogP contribution < -0.4 is 9.46 Å². The van der Waals surface area contributed by atoms with Gasteiger partial charge in [0, 0.05) is 11.4 Å². The lowest BCUT2D eigenvalue weighted by Crippen LogP contribution is -2.32. The van der Waals surface area contributed by atoms with Crippen molar-refractivity contribution in [1.29, 1.82) is 0 Å². The third kappa shape index (κ3) is 4.29. The largest absolute Gasteiger partial charge is 0.497 e. The van der Waals surface area contributed by atoms with Crippen molar-refractivity contribution >= 4 is 26.0 Å². The maximum Gasteiger partial charge on any atom is 0.240 e. The van der Waals surface area contributed by atoms with Gasteiger partial charge in [0.05, 0.1) is 12.0 Å². The van der Waals surface area contributed by atoms with Gasteiger partial charge in [0.2, 0.25) is 10.0 Å². The maximum atomic E-state index is 11.9. The van der Waals surface area contributed by atoms with E-state index in [1.165, 1.54) is 12.1 Å². The zero-order valence-corrected chi connectivity index (χ0v) is 12.2. The lowest BCUT2D eigenvalue weighted by atomic mass is 10.3. The molecule has 0 amide bonds. The number of methoxy groups -OCH3 is 1. The van der Waals surface area contributed by atoms with Gasteiger partial charge in [-0.2, -0.15) is 0 Å². The molecule has 0 aromatic heterocycles.